The van der Waals surface area contributed by atoms with Crippen LogP contribution in [-0.2, 0) is 6.54 Å². The van der Waals surface area contributed by atoms with Crippen molar-refractivity contribution < 1.29 is 13.7 Å². The molecule has 0 unspecified atom stereocenters. The molecule has 0 aliphatic rings. The number of rotatable bonds is 5. The number of aromatic nitrogens is 1. The lowest BCUT2D eigenvalue weighted by atomic mass is 10.2. The van der Waals surface area contributed by atoms with Crippen molar-refractivity contribution in [2.24, 2.45) is 0 Å². The summed E-state index contributed by atoms with van der Waals surface area (Å²) in [6, 6.07) is 4.49. The third kappa shape index (κ3) is 2.71. The van der Waals surface area contributed by atoms with Gasteiger partial charge in [-0.2, -0.15) is 0 Å². The molecule has 0 bridgehead atoms. The van der Waals surface area contributed by atoms with Gasteiger partial charge in [0.15, 0.2) is 17.3 Å². The van der Waals surface area contributed by atoms with Crippen LogP contribution in [0.2, 0.25) is 0 Å². The fourth-order valence-corrected chi connectivity index (χ4v) is 1.50. The van der Waals surface area contributed by atoms with Crippen molar-refractivity contribution in [3.8, 4) is 5.75 Å². The lowest BCUT2D eigenvalue weighted by molar-refractivity contribution is 0.322. The van der Waals surface area contributed by atoms with Crippen molar-refractivity contribution in [2.45, 2.75) is 13.5 Å². The highest BCUT2D eigenvalue weighted by atomic mass is 19.1. The van der Waals surface area contributed by atoms with E-state index in [0.29, 0.717) is 30.3 Å². The van der Waals surface area contributed by atoms with Gasteiger partial charge in [-0.25, -0.2) is 4.39 Å². The first-order valence-electron chi connectivity index (χ1n) is 5.56. The number of nitrogens with two attached hydrogens (primary N) is 1. The van der Waals surface area contributed by atoms with E-state index in [4.69, 9.17) is 15.0 Å². The van der Waals surface area contributed by atoms with Crippen molar-refractivity contribution in [1.82, 2.24) is 5.16 Å². The predicted octanol–water partition coefficient (Wildman–Crippen LogP) is 2.41. The van der Waals surface area contributed by atoms with Crippen molar-refractivity contribution in [1.29, 1.82) is 0 Å². The Labute approximate surface area is 104 Å². The quantitative estimate of drug-likeness (QED) is 0.798. The molecule has 0 spiro atoms. The van der Waals surface area contributed by atoms with Crippen LogP contribution in [0, 0.1) is 5.82 Å². The van der Waals surface area contributed by atoms with Gasteiger partial charge in [-0.1, -0.05) is 5.16 Å². The number of hydrogen-bond donors (Lipinski definition) is 2. The fourth-order valence-electron chi connectivity index (χ4n) is 1.50. The van der Waals surface area contributed by atoms with E-state index in [-0.39, 0.29) is 5.75 Å². The van der Waals surface area contributed by atoms with Gasteiger partial charge in [0.1, 0.15) is 0 Å². The minimum Gasteiger partial charge on any atom is -0.491 e. The molecule has 0 saturated carbocycles. The zero-order chi connectivity index (χ0) is 13.0. The van der Waals surface area contributed by atoms with Crippen molar-refractivity contribution in [3.05, 3.63) is 36.0 Å². The summed E-state index contributed by atoms with van der Waals surface area (Å²) in [5, 5.41) is 6.62. The van der Waals surface area contributed by atoms with E-state index in [2.05, 4.69) is 10.5 Å². The smallest absolute Gasteiger partial charge is 0.167 e. The zero-order valence-corrected chi connectivity index (χ0v) is 9.94. The van der Waals surface area contributed by atoms with Crippen LogP contribution >= 0.6 is 0 Å². The summed E-state index contributed by atoms with van der Waals surface area (Å²) >= 11 is 0. The summed E-state index contributed by atoms with van der Waals surface area (Å²) in [5.41, 5.74) is 6.63. The van der Waals surface area contributed by atoms with E-state index < -0.39 is 5.82 Å². The average molecular weight is 251 g/mol. The Balaban J connectivity index is 2.13. The minimum absolute atomic E-state index is 0.173. The molecule has 1 heterocycles. The summed E-state index contributed by atoms with van der Waals surface area (Å²) in [4.78, 5) is 0. The number of nitrogens with one attached hydrogen (secondary N) is 1. The first-order chi connectivity index (χ1) is 8.70. The van der Waals surface area contributed by atoms with Crippen LogP contribution in [0.3, 0.4) is 0 Å². The Bertz CT molecular complexity index is 514. The van der Waals surface area contributed by atoms with Gasteiger partial charge in [-0.15, -0.1) is 0 Å². The largest absolute Gasteiger partial charge is 0.491 e. The minimum atomic E-state index is -0.473. The van der Waals surface area contributed by atoms with Gasteiger partial charge in [0.05, 0.1) is 30.7 Å². The normalized spacial score (nSPS) is 10.3. The lowest BCUT2D eigenvalue weighted by Gasteiger charge is -2.11. The molecular weight excluding hydrogens is 237 g/mol. The van der Waals surface area contributed by atoms with Gasteiger partial charge in [-0.05, 0) is 6.92 Å². The molecule has 1 aromatic heterocycles. The maximum atomic E-state index is 13.5. The molecule has 0 aliphatic carbocycles. The maximum Gasteiger partial charge on any atom is 0.167 e. The first kappa shape index (κ1) is 12.2. The van der Waals surface area contributed by atoms with Crippen LogP contribution < -0.4 is 15.8 Å². The summed E-state index contributed by atoms with van der Waals surface area (Å²) in [7, 11) is 0. The number of hydrogen-bond acceptors (Lipinski definition) is 5. The number of nitrogen functional groups attached to an aromatic ring is 1. The Hall–Kier alpha value is -2.24. The molecule has 0 fully saturated rings. The van der Waals surface area contributed by atoms with Crippen LogP contribution in [0.1, 0.15) is 12.7 Å². The zero-order valence-electron chi connectivity index (χ0n) is 9.94. The van der Waals surface area contributed by atoms with E-state index >= 15 is 0 Å². The molecule has 2 aromatic rings. The first-order valence-corrected chi connectivity index (χ1v) is 5.56. The van der Waals surface area contributed by atoms with Crippen molar-refractivity contribution >= 4 is 11.4 Å². The topological polar surface area (TPSA) is 73.3 Å². The third-order valence-corrected chi connectivity index (χ3v) is 2.35. The van der Waals surface area contributed by atoms with Crippen LogP contribution in [-0.4, -0.2) is 11.8 Å². The molecule has 5 nitrogen and oxygen atoms in total. The van der Waals surface area contributed by atoms with Crippen LogP contribution in [0.25, 0.3) is 0 Å². The van der Waals surface area contributed by atoms with E-state index in [1.807, 2.05) is 0 Å². The molecule has 3 N–H and O–H groups in total. The second-order valence-electron chi connectivity index (χ2n) is 3.64. The molecule has 0 saturated heterocycles. The number of nitrogens with zero attached hydrogens (tertiary/aromatic N) is 1. The SMILES string of the molecule is CCOc1cc(NCc2ccno2)c(N)cc1F. The Morgan fingerprint density at radius 2 is 2.33 bits per heavy atom. The average Bonchev–Trinajstić information content (AvgIpc) is 2.84. The summed E-state index contributed by atoms with van der Waals surface area (Å²) in [6.45, 7) is 2.60. The molecule has 0 atom stereocenters. The highest BCUT2D eigenvalue weighted by molar-refractivity contribution is 5.68. The van der Waals surface area contributed by atoms with Gasteiger partial charge < -0.3 is 20.3 Å². The van der Waals surface area contributed by atoms with Gasteiger partial charge in [0.2, 0.25) is 0 Å². The van der Waals surface area contributed by atoms with E-state index in [1.165, 1.54) is 12.1 Å². The number of ether oxygens (including phenoxy) is 1. The Morgan fingerprint density at radius 3 is 3.00 bits per heavy atom. The fraction of sp³-hybridized carbons (Fsp3) is 0.250. The van der Waals surface area contributed by atoms with Crippen molar-refractivity contribution in [2.75, 3.05) is 17.7 Å². The molecule has 1 aromatic carbocycles. The maximum absolute atomic E-state index is 13.5. The molecule has 0 amide bonds. The number of anilines is 2. The van der Waals surface area contributed by atoms with Gasteiger partial charge in [0.25, 0.3) is 0 Å². The van der Waals surface area contributed by atoms with Gasteiger partial charge >= 0.3 is 0 Å². The van der Waals surface area contributed by atoms with Gasteiger partial charge in [0, 0.05) is 18.2 Å². The highest BCUT2D eigenvalue weighted by Gasteiger charge is 2.09. The molecule has 0 aliphatic heterocycles. The second kappa shape index (κ2) is 5.39. The molecular formula is C12H14FN3O2. The van der Waals surface area contributed by atoms with Crippen LogP contribution in [0.4, 0.5) is 15.8 Å². The predicted molar refractivity (Wildman–Crippen MR) is 65.8 cm³/mol. The van der Waals surface area contributed by atoms with E-state index in [0.717, 1.165) is 0 Å². The Morgan fingerprint density at radius 1 is 1.50 bits per heavy atom. The van der Waals surface area contributed by atoms with E-state index in [9.17, 15) is 4.39 Å². The summed E-state index contributed by atoms with van der Waals surface area (Å²) in [6.07, 6.45) is 1.55. The Kier molecular flexibility index (Phi) is 3.66. The third-order valence-electron chi connectivity index (χ3n) is 2.35. The highest BCUT2D eigenvalue weighted by Crippen LogP contribution is 2.28. The number of halogens is 1. The monoisotopic (exact) mass is 251 g/mol. The molecule has 0 radical (unpaired) electrons. The van der Waals surface area contributed by atoms with E-state index in [1.54, 1.807) is 19.2 Å². The molecule has 2 rings (SSSR count). The second-order valence-corrected chi connectivity index (χ2v) is 3.64. The summed E-state index contributed by atoms with van der Waals surface area (Å²) in [5.74, 6) is 0.364. The van der Waals surface area contributed by atoms with Crippen molar-refractivity contribution in [3.63, 3.8) is 0 Å². The van der Waals surface area contributed by atoms with Crippen LogP contribution in [0.15, 0.2) is 28.9 Å². The number of benzene rings is 1. The molecule has 18 heavy (non-hydrogen) atoms. The molecule has 96 valence electrons. The lowest BCUT2D eigenvalue weighted by Crippen LogP contribution is -2.04. The summed E-state index contributed by atoms with van der Waals surface area (Å²) < 4.78 is 23.6. The van der Waals surface area contributed by atoms with Gasteiger partial charge in [-0.3, -0.25) is 0 Å². The molecule has 6 heteroatoms. The standard InChI is InChI=1S/C12H14FN3O2/c1-2-17-12-6-11(10(14)5-9(12)13)15-7-8-3-4-16-18-8/h3-6,15H,2,7,14H2,1H3. The van der Waals surface area contributed by atoms with Crippen LogP contribution in [0.5, 0.6) is 5.75 Å².